The molecule has 0 bridgehead atoms. The van der Waals surface area contributed by atoms with Gasteiger partial charge in [-0.05, 0) is 128 Å². The van der Waals surface area contributed by atoms with E-state index in [0.29, 0.717) is 45.9 Å². The molecule has 0 spiro atoms. The van der Waals surface area contributed by atoms with Crippen LogP contribution >= 0.6 is 11.9 Å². The maximum absolute atomic E-state index is 15.5. The lowest BCUT2D eigenvalue weighted by atomic mass is 9.92. The van der Waals surface area contributed by atoms with Crippen molar-refractivity contribution in [1.29, 1.82) is 0 Å². The molecule has 15 heteroatoms. The maximum atomic E-state index is 15.5. The molecule has 4 aliphatic heterocycles. The molecule has 11 nitrogen and oxygen atoms in total. The molecule has 1 saturated carbocycles. The van der Waals surface area contributed by atoms with Crippen LogP contribution in [0.2, 0.25) is 0 Å². The van der Waals surface area contributed by atoms with Crippen molar-refractivity contribution in [2.45, 2.75) is 108 Å². The second kappa shape index (κ2) is 18.1. The minimum absolute atomic E-state index is 0.0207. The highest BCUT2D eigenvalue weighted by molar-refractivity contribution is 7.97. The third-order valence-corrected chi connectivity index (χ3v) is 15.0. The molecule has 2 aromatic carbocycles. The van der Waals surface area contributed by atoms with Gasteiger partial charge in [-0.25, -0.2) is 23.1 Å². The van der Waals surface area contributed by atoms with Crippen LogP contribution in [0, 0.1) is 23.4 Å². The number of likely N-dealkylation sites (tertiary alicyclic amines) is 1. The zero-order chi connectivity index (χ0) is 42.2. The minimum Gasteiger partial charge on any atom is -0.369 e. The van der Waals surface area contributed by atoms with E-state index in [0.717, 1.165) is 109 Å². The van der Waals surface area contributed by atoms with Crippen LogP contribution in [0.4, 0.5) is 36.2 Å². The number of nitrogens with one attached hydrogen (secondary N) is 1. The molecule has 1 aromatic heterocycles. The highest BCUT2D eigenvalue weighted by Crippen LogP contribution is 2.44. The van der Waals surface area contributed by atoms with Gasteiger partial charge in [0.25, 0.3) is 5.91 Å². The van der Waals surface area contributed by atoms with Crippen LogP contribution in [-0.2, 0) is 0 Å². The summed E-state index contributed by atoms with van der Waals surface area (Å²) >= 11 is 2.00. The van der Waals surface area contributed by atoms with Gasteiger partial charge in [0.1, 0.15) is 17.3 Å². The first-order valence-corrected chi connectivity index (χ1v) is 22.8. The van der Waals surface area contributed by atoms with E-state index >= 15 is 13.2 Å². The molecule has 5 heterocycles. The van der Waals surface area contributed by atoms with Crippen molar-refractivity contribution in [3.63, 3.8) is 0 Å². The Kier molecular flexibility index (Phi) is 12.9. The zero-order valence-electron chi connectivity index (χ0n) is 35.7. The van der Waals surface area contributed by atoms with Gasteiger partial charge in [-0.3, -0.25) is 13.9 Å². The first kappa shape index (κ1) is 42.6. The Morgan fingerprint density at radius 1 is 0.917 bits per heavy atom. The molecular formula is C45H60F3N9O2S. The van der Waals surface area contributed by atoms with Gasteiger partial charge in [0.15, 0.2) is 12.1 Å². The number of hydrogen-bond donors (Lipinski definition) is 1. The van der Waals surface area contributed by atoms with E-state index in [1.165, 1.54) is 18.3 Å². The lowest BCUT2D eigenvalue weighted by Crippen LogP contribution is -2.42. The Morgan fingerprint density at radius 3 is 2.30 bits per heavy atom. The summed E-state index contributed by atoms with van der Waals surface area (Å²) in [6.45, 7) is 12.8. The quantitative estimate of drug-likeness (QED) is 0.135. The molecule has 0 radical (unpaired) electrons. The van der Waals surface area contributed by atoms with Crippen LogP contribution in [0.15, 0.2) is 30.5 Å². The fraction of sp³-hybridized carbons (Fsp3) is 0.600. The number of carbonyl (C=O) groups excluding carboxylic acids is 2. The van der Waals surface area contributed by atoms with Crippen LogP contribution in [-0.4, -0.2) is 126 Å². The monoisotopic (exact) mass is 847 g/mol. The molecule has 324 valence electrons. The summed E-state index contributed by atoms with van der Waals surface area (Å²) in [6.07, 6.45) is 10.9. The molecule has 1 N–H and O–H groups in total. The van der Waals surface area contributed by atoms with Crippen LogP contribution in [0.3, 0.4) is 0 Å². The number of anilines is 4. The fourth-order valence-electron chi connectivity index (χ4n) is 9.68. The summed E-state index contributed by atoms with van der Waals surface area (Å²) < 4.78 is 48.3. The van der Waals surface area contributed by atoms with Gasteiger partial charge in [0.2, 0.25) is 5.95 Å². The smallest absolute Gasteiger partial charge is 0.254 e. The second-order valence-electron chi connectivity index (χ2n) is 17.8. The number of fused-ring (bicyclic) bond motifs is 1. The van der Waals surface area contributed by atoms with Crippen LogP contribution in [0.1, 0.15) is 99.3 Å². The van der Waals surface area contributed by atoms with Gasteiger partial charge in [-0.15, -0.1) is 0 Å². The van der Waals surface area contributed by atoms with Gasteiger partial charge >= 0.3 is 0 Å². The number of hydrogen-bond acceptors (Lipinski definition) is 11. The third kappa shape index (κ3) is 9.09. The predicted octanol–water partition coefficient (Wildman–Crippen LogP) is 7.91. The van der Waals surface area contributed by atoms with Crippen LogP contribution in [0.25, 0.3) is 11.3 Å². The number of amides is 1. The number of benzene rings is 2. The van der Waals surface area contributed by atoms with E-state index in [2.05, 4.69) is 43.2 Å². The van der Waals surface area contributed by atoms with Gasteiger partial charge < -0.3 is 29.8 Å². The summed E-state index contributed by atoms with van der Waals surface area (Å²) in [6, 6.07) is 6.57. The molecule has 3 aromatic rings. The maximum Gasteiger partial charge on any atom is 0.254 e. The van der Waals surface area contributed by atoms with Gasteiger partial charge in [0.05, 0.1) is 35.0 Å². The number of rotatable bonds is 13. The van der Waals surface area contributed by atoms with Gasteiger partial charge in [-0.1, -0.05) is 11.9 Å². The molecule has 1 amide bonds. The van der Waals surface area contributed by atoms with E-state index in [1.807, 2.05) is 41.8 Å². The van der Waals surface area contributed by atoms with Crippen molar-refractivity contribution in [3.8, 4) is 11.3 Å². The zero-order valence-corrected chi connectivity index (χ0v) is 36.5. The SMILES string of the molecule is CC(C)N1c2cc(-c3nc(NC4CCN(SC5CCN(CCC6CCN(c7cc(C(=O)N(C)C8CC8)c(C=O)cc7F)CC6)CC5)CC4)ncc3F)cc(F)c2N(C)C1C. The average molecular weight is 848 g/mol. The summed E-state index contributed by atoms with van der Waals surface area (Å²) in [5.74, 6) is -0.675. The standard InChI is InChI=1S/C45H60F3N9O2S/c1-28(2)57-29(3)52(4)43-38(47)22-31(24-41(43)57)42-39(48)26-49-45(51-42)50-33-11-20-56(21-12-33)60-35-13-16-54(17-14-35)15-8-30-9-18-55(19-10-30)40-25-36(32(27-58)23-37(40)46)44(59)53(5)34-6-7-34/h22-30,33-35H,6-21H2,1-5H3,(H,49,50,51). The summed E-state index contributed by atoms with van der Waals surface area (Å²) in [7, 11) is 3.64. The number of nitrogens with zero attached hydrogens (tertiary/aromatic N) is 8. The first-order chi connectivity index (χ1) is 28.9. The summed E-state index contributed by atoms with van der Waals surface area (Å²) in [5.41, 5.74) is 2.60. The molecule has 8 rings (SSSR count). The average Bonchev–Trinajstić information content (AvgIpc) is 4.06. The van der Waals surface area contributed by atoms with Gasteiger partial charge in [0, 0.05) is 74.8 Å². The molecule has 3 saturated heterocycles. The number of aldehydes is 1. The molecular weight excluding hydrogens is 788 g/mol. The Balaban J connectivity index is 0.760. The van der Waals surface area contributed by atoms with E-state index < -0.39 is 17.5 Å². The Labute approximate surface area is 357 Å². The van der Waals surface area contributed by atoms with Crippen molar-refractivity contribution in [2.24, 2.45) is 5.92 Å². The van der Waals surface area contributed by atoms with Gasteiger partial charge in [-0.2, -0.15) is 0 Å². The topological polar surface area (TPSA) is 91.4 Å². The molecule has 1 atom stereocenters. The van der Waals surface area contributed by atoms with Crippen molar-refractivity contribution >= 4 is 47.2 Å². The van der Waals surface area contributed by atoms with E-state index in [9.17, 15) is 9.59 Å². The highest BCUT2D eigenvalue weighted by Gasteiger charge is 2.36. The second-order valence-corrected chi connectivity index (χ2v) is 19.2. The summed E-state index contributed by atoms with van der Waals surface area (Å²) in [4.78, 5) is 44.1. The van der Waals surface area contributed by atoms with Crippen molar-refractivity contribution in [3.05, 3.63) is 59.0 Å². The number of halogens is 3. The largest absolute Gasteiger partial charge is 0.369 e. The van der Waals surface area contributed by atoms with Crippen molar-refractivity contribution < 1.29 is 22.8 Å². The van der Waals surface area contributed by atoms with E-state index in [1.54, 1.807) is 18.0 Å². The van der Waals surface area contributed by atoms with Crippen molar-refractivity contribution in [1.82, 2.24) is 24.1 Å². The number of carbonyl (C=O) groups is 2. The van der Waals surface area contributed by atoms with E-state index in [-0.39, 0.29) is 41.5 Å². The van der Waals surface area contributed by atoms with Crippen molar-refractivity contribution in [2.75, 3.05) is 79.9 Å². The lowest BCUT2D eigenvalue weighted by Gasteiger charge is -2.38. The van der Waals surface area contributed by atoms with E-state index in [4.69, 9.17) is 0 Å². The fourth-order valence-corrected chi connectivity index (χ4v) is 10.9. The Morgan fingerprint density at radius 2 is 1.63 bits per heavy atom. The normalized spacial score (nSPS) is 21.2. The third-order valence-electron chi connectivity index (χ3n) is 13.5. The molecule has 1 aliphatic carbocycles. The minimum atomic E-state index is -0.576. The molecule has 1 unspecified atom stereocenters. The highest BCUT2D eigenvalue weighted by atomic mass is 32.2. The first-order valence-electron chi connectivity index (χ1n) is 22.0. The predicted molar refractivity (Wildman–Crippen MR) is 235 cm³/mol. The molecule has 60 heavy (non-hydrogen) atoms. The lowest BCUT2D eigenvalue weighted by molar-refractivity contribution is 0.0782. The summed E-state index contributed by atoms with van der Waals surface area (Å²) in [5, 5.41) is 4.04. The van der Waals surface area contributed by atoms with Crippen LogP contribution in [0.5, 0.6) is 0 Å². The Hall–Kier alpha value is -4.08. The number of piperidine rings is 3. The molecule has 4 fully saturated rings. The Bertz CT molecular complexity index is 2030. The molecule has 5 aliphatic rings. The number of aromatic nitrogens is 2. The van der Waals surface area contributed by atoms with Crippen LogP contribution < -0.4 is 20.0 Å².